The molecule has 0 aromatic carbocycles. The van der Waals surface area contributed by atoms with Gasteiger partial charge in [0.05, 0.1) is 0 Å². The molecule has 0 radical (unpaired) electrons. The van der Waals surface area contributed by atoms with Crippen molar-refractivity contribution in [2.75, 3.05) is 0 Å². The van der Waals surface area contributed by atoms with Crippen molar-refractivity contribution in [3.8, 4) is 0 Å². The Hall–Kier alpha value is -0.840. The van der Waals surface area contributed by atoms with E-state index in [2.05, 4.69) is 0 Å². The van der Waals surface area contributed by atoms with Crippen molar-refractivity contribution >= 4 is 0 Å². The third-order valence-corrected chi connectivity index (χ3v) is 4.26. The fourth-order valence-corrected chi connectivity index (χ4v) is 2.43. The van der Waals surface area contributed by atoms with Gasteiger partial charge < -0.3 is 0 Å². The predicted octanol–water partition coefficient (Wildman–Crippen LogP) is 7.96. The fourth-order valence-electron chi connectivity index (χ4n) is 2.43. The molecule has 0 saturated carbocycles. The molecule has 0 bridgehead atoms. The summed E-state index contributed by atoms with van der Waals surface area (Å²) in [5.74, 6) is -40.5. The highest BCUT2D eigenvalue weighted by molar-refractivity contribution is 5.11. The van der Waals surface area contributed by atoms with Crippen molar-refractivity contribution < 1.29 is 52.7 Å². The molecule has 0 aliphatic rings. The number of hydrogen-bond acceptors (Lipinski definition) is 0. The van der Waals surface area contributed by atoms with E-state index in [1.54, 1.807) is 6.92 Å². The lowest BCUT2D eigenvalue weighted by Crippen LogP contribution is -2.70. The zero-order valence-electron chi connectivity index (χ0n) is 15.2. The smallest absolute Gasteiger partial charge is 0.200 e. The second-order valence-electron chi connectivity index (χ2n) is 6.62. The van der Waals surface area contributed by atoms with Crippen LogP contribution >= 0.6 is 0 Å². The maximum atomic E-state index is 13.6. The van der Waals surface area contributed by atoms with Crippen molar-refractivity contribution in [3.05, 3.63) is 0 Å². The van der Waals surface area contributed by atoms with E-state index in [1.807, 2.05) is 0 Å². The van der Waals surface area contributed by atoms with E-state index in [4.69, 9.17) is 0 Å². The Morgan fingerprint density at radius 3 is 1.11 bits per heavy atom. The Morgan fingerprint density at radius 1 is 0.393 bits per heavy atom. The molecule has 0 fully saturated rings. The van der Waals surface area contributed by atoms with E-state index in [0.29, 0.717) is 12.8 Å². The lowest BCUT2D eigenvalue weighted by molar-refractivity contribution is -0.425. The summed E-state index contributed by atoms with van der Waals surface area (Å²) in [5, 5.41) is 0. The standard InChI is InChI=1S/C16H22F12/c1-3-5-6-7-8-10-12(19,20)14(23,24)16(27,28)15(25,26)13(21,22)11(17,18)9-4-2/h3-10H2,1-2H3. The van der Waals surface area contributed by atoms with Gasteiger partial charge in [0.2, 0.25) is 0 Å². The van der Waals surface area contributed by atoms with Crippen LogP contribution in [0.5, 0.6) is 0 Å². The monoisotopic (exact) mass is 442 g/mol. The number of unbranched alkanes of at least 4 members (excludes halogenated alkanes) is 4. The normalized spacial score (nSPS) is 15.2. The summed E-state index contributed by atoms with van der Waals surface area (Å²) in [7, 11) is 0. The molecule has 0 rings (SSSR count). The van der Waals surface area contributed by atoms with Crippen LogP contribution in [0.2, 0.25) is 0 Å². The van der Waals surface area contributed by atoms with Crippen LogP contribution in [0.4, 0.5) is 52.7 Å². The van der Waals surface area contributed by atoms with Crippen LogP contribution in [0.15, 0.2) is 0 Å². The summed E-state index contributed by atoms with van der Waals surface area (Å²) in [5.41, 5.74) is 0. The molecule has 0 N–H and O–H groups in total. The molecule has 0 aromatic rings. The number of alkyl halides is 12. The van der Waals surface area contributed by atoms with Gasteiger partial charge in [0.15, 0.2) is 0 Å². The lowest BCUT2D eigenvalue weighted by Gasteiger charge is -2.41. The van der Waals surface area contributed by atoms with Crippen LogP contribution in [0.1, 0.15) is 65.2 Å². The highest BCUT2D eigenvalue weighted by atomic mass is 19.4. The summed E-state index contributed by atoms with van der Waals surface area (Å²) >= 11 is 0. The summed E-state index contributed by atoms with van der Waals surface area (Å²) in [6, 6.07) is 0. The predicted molar refractivity (Wildman–Crippen MR) is 78.0 cm³/mol. The first kappa shape index (κ1) is 27.2. The third kappa shape index (κ3) is 4.66. The quantitative estimate of drug-likeness (QED) is 0.201. The molecule has 0 heterocycles. The minimum Gasteiger partial charge on any atom is -0.200 e. The van der Waals surface area contributed by atoms with Gasteiger partial charge in [-0.25, -0.2) is 0 Å². The fraction of sp³-hybridized carbons (Fsp3) is 1.00. The van der Waals surface area contributed by atoms with Gasteiger partial charge in [0, 0.05) is 12.8 Å². The van der Waals surface area contributed by atoms with Crippen LogP contribution in [-0.2, 0) is 0 Å². The van der Waals surface area contributed by atoms with Crippen molar-refractivity contribution in [2.24, 2.45) is 0 Å². The van der Waals surface area contributed by atoms with Crippen molar-refractivity contribution in [1.29, 1.82) is 0 Å². The van der Waals surface area contributed by atoms with Gasteiger partial charge in [0.25, 0.3) is 0 Å². The molecule has 0 aromatic heterocycles. The van der Waals surface area contributed by atoms with Crippen molar-refractivity contribution in [3.63, 3.8) is 0 Å². The SMILES string of the molecule is CCCCCCCC(F)(F)C(F)(F)C(F)(F)C(F)(F)C(F)(F)C(F)(F)CCC. The number of halogens is 12. The highest BCUT2D eigenvalue weighted by Gasteiger charge is 2.89. The topological polar surface area (TPSA) is 0 Å². The lowest BCUT2D eigenvalue weighted by atomic mass is 9.88. The summed E-state index contributed by atoms with van der Waals surface area (Å²) in [4.78, 5) is 0. The number of rotatable bonds is 13. The van der Waals surface area contributed by atoms with Gasteiger partial charge >= 0.3 is 35.5 Å². The van der Waals surface area contributed by atoms with Crippen LogP contribution in [-0.4, -0.2) is 35.5 Å². The first-order chi connectivity index (χ1) is 12.4. The maximum absolute atomic E-state index is 13.6. The van der Waals surface area contributed by atoms with Crippen molar-refractivity contribution in [2.45, 2.75) is 101 Å². The molecule has 0 aliphatic carbocycles. The van der Waals surface area contributed by atoms with Crippen LogP contribution in [0.3, 0.4) is 0 Å². The Morgan fingerprint density at radius 2 is 0.750 bits per heavy atom. The van der Waals surface area contributed by atoms with Gasteiger partial charge in [-0.1, -0.05) is 46.0 Å². The maximum Gasteiger partial charge on any atom is 0.384 e. The molecule has 12 heteroatoms. The molecule has 0 nitrogen and oxygen atoms in total. The molecule has 0 amide bonds. The Labute approximate surface area is 154 Å². The average Bonchev–Trinajstić information content (AvgIpc) is 2.53. The van der Waals surface area contributed by atoms with Gasteiger partial charge in [0.1, 0.15) is 0 Å². The number of hydrogen-bond donors (Lipinski definition) is 0. The van der Waals surface area contributed by atoms with Gasteiger partial charge in [-0.15, -0.1) is 0 Å². The van der Waals surface area contributed by atoms with Gasteiger partial charge in [-0.2, -0.15) is 52.7 Å². The van der Waals surface area contributed by atoms with E-state index < -0.39 is 61.2 Å². The molecular weight excluding hydrogens is 420 g/mol. The first-order valence-corrected chi connectivity index (χ1v) is 8.64. The molecule has 0 saturated heterocycles. The Balaban J connectivity index is 5.77. The molecule has 0 spiro atoms. The molecule has 170 valence electrons. The summed E-state index contributed by atoms with van der Waals surface area (Å²) in [6.07, 6.45) is -4.40. The van der Waals surface area contributed by atoms with Crippen molar-refractivity contribution in [1.82, 2.24) is 0 Å². The van der Waals surface area contributed by atoms with E-state index in [-0.39, 0.29) is 12.8 Å². The van der Waals surface area contributed by atoms with Crippen LogP contribution in [0, 0.1) is 0 Å². The minimum absolute atomic E-state index is 0.119. The second kappa shape index (κ2) is 8.89. The first-order valence-electron chi connectivity index (χ1n) is 8.64. The van der Waals surface area contributed by atoms with Crippen LogP contribution < -0.4 is 0 Å². The van der Waals surface area contributed by atoms with E-state index in [0.717, 1.165) is 6.92 Å². The van der Waals surface area contributed by atoms with Gasteiger partial charge in [-0.3, -0.25) is 0 Å². The zero-order chi connectivity index (χ0) is 22.7. The molecule has 0 unspecified atom stereocenters. The van der Waals surface area contributed by atoms with Gasteiger partial charge in [-0.05, 0) is 6.42 Å². The largest absolute Gasteiger partial charge is 0.384 e. The molecule has 0 aliphatic heterocycles. The highest BCUT2D eigenvalue weighted by Crippen LogP contribution is 2.61. The Kier molecular flexibility index (Phi) is 8.62. The van der Waals surface area contributed by atoms with E-state index in [1.165, 1.54) is 0 Å². The van der Waals surface area contributed by atoms with E-state index in [9.17, 15) is 52.7 Å². The minimum atomic E-state index is -7.44. The average molecular weight is 442 g/mol. The summed E-state index contributed by atoms with van der Waals surface area (Å²) < 4.78 is 162. The Bertz CT molecular complexity index is 484. The van der Waals surface area contributed by atoms with Crippen LogP contribution in [0.25, 0.3) is 0 Å². The molecular formula is C16H22F12. The van der Waals surface area contributed by atoms with E-state index >= 15 is 0 Å². The molecule has 28 heavy (non-hydrogen) atoms. The molecule has 0 atom stereocenters. The zero-order valence-corrected chi connectivity index (χ0v) is 15.2. The second-order valence-corrected chi connectivity index (χ2v) is 6.62. The third-order valence-electron chi connectivity index (χ3n) is 4.26. The summed E-state index contributed by atoms with van der Waals surface area (Å²) in [6.45, 7) is 2.54.